The van der Waals surface area contributed by atoms with Crippen LogP contribution in [0.4, 0.5) is 0 Å². The summed E-state index contributed by atoms with van der Waals surface area (Å²) in [6, 6.07) is 3.57. The Kier molecular flexibility index (Phi) is 2.95. The van der Waals surface area contributed by atoms with Crippen molar-refractivity contribution >= 4 is 39.6 Å². The van der Waals surface area contributed by atoms with E-state index in [1.165, 1.54) is 17.4 Å². The summed E-state index contributed by atoms with van der Waals surface area (Å²) in [5.41, 5.74) is 0.795. The van der Waals surface area contributed by atoms with Crippen LogP contribution < -0.4 is 0 Å². The molecule has 1 aromatic rings. The van der Waals surface area contributed by atoms with Crippen LogP contribution in [0.15, 0.2) is 17.5 Å². The third kappa shape index (κ3) is 2.23. The van der Waals surface area contributed by atoms with E-state index >= 15 is 0 Å². The zero-order chi connectivity index (χ0) is 8.27. The Morgan fingerprint density at radius 2 is 2.45 bits per heavy atom. The van der Waals surface area contributed by atoms with E-state index in [0.717, 1.165) is 5.56 Å². The molecule has 0 atom stereocenters. The van der Waals surface area contributed by atoms with Gasteiger partial charge in [0.2, 0.25) is 0 Å². The molecule has 1 heterocycles. The van der Waals surface area contributed by atoms with Crippen LogP contribution >= 0.6 is 34.5 Å². The van der Waals surface area contributed by atoms with Crippen molar-refractivity contribution in [2.75, 3.05) is 0 Å². The van der Waals surface area contributed by atoms with Crippen LogP contribution in [0.3, 0.4) is 0 Å². The fraction of sp³-hybridized carbons (Fsp3) is 0. The summed E-state index contributed by atoms with van der Waals surface area (Å²) in [5, 5.41) is 10.5. The molecule has 0 saturated heterocycles. The zero-order valence-corrected chi connectivity index (χ0v) is 7.67. The average Bonchev–Trinajstić information content (AvgIpc) is 2.36. The van der Waals surface area contributed by atoms with Crippen LogP contribution in [-0.2, 0) is 0 Å². The van der Waals surface area contributed by atoms with E-state index in [4.69, 9.17) is 28.5 Å². The minimum atomic E-state index is 0.427. The van der Waals surface area contributed by atoms with E-state index in [1.54, 1.807) is 11.4 Å². The lowest BCUT2D eigenvalue weighted by Gasteiger charge is -1.86. The van der Waals surface area contributed by atoms with Crippen molar-refractivity contribution in [3.05, 3.63) is 27.4 Å². The van der Waals surface area contributed by atoms with Crippen LogP contribution in [-0.4, -0.2) is 0 Å². The molecule has 0 amide bonds. The Hall–Kier alpha value is -0.490. The minimum Gasteiger partial charge on any atom is -0.193 e. The number of hydrogen-bond donors (Lipinski definition) is 0. The van der Waals surface area contributed by atoms with Gasteiger partial charge in [0.25, 0.3) is 0 Å². The first-order valence-corrected chi connectivity index (χ1v) is 4.37. The first-order chi connectivity index (χ1) is 5.24. The molecule has 0 spiro atoms. The number of rotatable bonds is 1. The third-order valence-electron chi connectivity index (χ3n) is 1.03. The monoisotopic (exact) mass is 203 g/mol. The van der Waals surface area contributed by atoms with Gasteiger partial charge in [-0.25, -0.2) is 0 Å². The molecule has 0 unspecified atom stereocenters. The molecule has 1 nitrogen and oxygen atoms in total. The number of thiophene rings is 1. The molecule has 4 heteroatoms. The smallest absolute Gasteiger partial charge is 0.0934 e. The summed E-state index contributed by atoms with van der Waals surface area (Å²) in [4.78, 5) is 0. The van der Waals surface area contributed by atoms with Crippen LogP contribution in [0.25, 0.3) is 5.03 Å². The van der Waals surface area contributed by atoms with E-state index in [9.17, 15) is 0 Å². The standard InChI is InChI=1S/C7H3Cl2NS/c8-6(1-2-10)5-3-7(9)11-4-5/h1,3-4H/b6-1-. The van der Waals surface area contributed by atoms with Crippen LogP contribution in [0.2, 0.25) is 4.34 Å². The molecule has 1 rings (SSSR count). The molecule has 1 aromatic heterocycles. The van der Waals surface area contributed by atoms with Gasteiger partial charge in [-0.2, -0.15) is 5.26 Å². The average molecular weight is 204 g/mol. The molecule has 0 aliphatic rings. The van der Waals surface area contributed by atoms with E-state index in [-0.39, 0.29) is 0 Å². The molecular weight excluding hydrogens is 201 g/mol. The van der Waals surface area contributed by atoms with Crippen molar-refractivity contribution in [1.29, 1.82) is 5.26 Å². The van der Waals surface area contributed by atoms with Crippen molar-refractivity contribution in [2.24, 2.45) is 0 Å². The van der Waals surface area contributed by atoms with Gasteiger partial charge in [0.15, 0.2) is 0 Å². The molecule has 0 saturated carbocycles. The SMILES string of the molecule is N#C/C=C(\Cl)c1csc(Cl)c1. The molecule has 0 radical (unpaired) electrons. The van der Waals surface area contributed by atoms with Gasteiger partial charge in [-0.05, 0) is 6.07 Å². The Morgan fingerprint density at radius 1 is 1.73 bits per heavy atom. The second kappa shape index (κ2) is 3.77. The summed E-state index contributed by atoms with van der Waals surface area (Å²) >= 11 is 12.8. The highest BCUT2D eigenvalue weighted by atomic mass is 35.5. The maximum atomic E-state index is 8.26. The highest BCUT2D eigenvalue weighted by Crippen LogP contribution is 2.27. The number of hydrogen-bond acceptors (Lipinski definition) is 2. The Morgan fingerprint density at radius 3 is 2.91 bits per heavy atom. The molecular formula is C7H3Cl2NS. The highest BCUT2D eigenvalue weighted by molar-refractivity contribution is 7.14. The van der Waals surface area contributed by atoms with Gasteiger partial charge in [0.05, 0.1) is 15.4 Å². The summed E-state index contributed by atoms with van der Waals surface area (Å²) in [6.07, 6.45) is 1.28. The second-order valence-corrected chi connectivity index (χ2v) is 3.71. The molecule has 56 valence electrons. The Labute approximate surface area is 78.5 Å². The third-order valence-corrected chi connectivity index (χ3v) is 2.45. The lowest BCUT2D eigenvalue weighted by Crippen LogP contribution is -1.66. The topological polar surface area (TPSA) is 23.8 Å². The number of nitriles is 1. The van der Waals surface area contributed by atoms with Gasteiger partial charge >= 0.3 is 0 Å². The van der Waals surface area contributed by atoms with E-state index in [1.807, 2.05) is 6.07 Å². The van der Waals surface area contributed by atoms with Gasteiger partial charge in [-0.3, -0.25) is 0 Å². The van der Waals surface area contributed by atoms with Crippen LogP contribution in [0.5, 0.6) is 0 Å². The Balaban J connectivity index is 2.95. The number of halogens is 2. The van der Waals surface area contributed by atoms with E-state index in [0.29, 0.717) is 9.37 Å². The van der Waals surface area contributed by atoms with Crippen molar-refractivity contribution in [2.45, 2.75) is 0 Å². The van der Waals surface area contributed by atoms with Gasteiger partial charge in [-0.15, -0.1) is 11.3 Å². The number of nitrogens with zero attached hydrogens (tertiary/aromatic N) is 1. The van der Waals surface area contributed by atoms with Crippen LogP contribution in [0, 0.1) is 11.3 Å². The second-order valence-electron chi connectivity index (χ2n) is 1.76. The predicted molar refractivity (Wildman–Crippen MR) is 48.8 cm³/mol. The summed E-state index contributed by atoms with van der Waals surface area (Å²) in [6.45, 7) is 0. The van der Waals surface area contributed by atoms with E-state index < -0.39 is 0 Å². The fourth-order valence-electron chi connectivity index (χ4n) is 0.575. The fourth-order valence-corrected chi connectivity index (χ4v) is 1.68. The maximum Gasteiger partial charge on any atom is 0.0934 e. The lowest BCUT2D eigenvalue weighted by atomic mass is 10.3. The van der Waals surface area contributed by atoms with Gasteiger partial charge in [0.1, 0.15) is 0 Å². The molecule has 11 heavy (non-hydrogen) atoms. The molecule has 0 aliphatic carbocycles. The van der Waals surface area contributed by atoms with Crippen molar-refractivity contribution in [3.63, 3.8) is 0 Å². The molecule has 0 aliphatic heterocycles. The summed E-state index contributed by atoms with van der Waals surface area (Å²) in [5.74, 6) is 0. The number of allylic oxidation sites excluding steroid dienone is 1. The van der Waals surface area contributed by atoms with Gasteiger partial charge in [0, 0.05) is 17.0 Å². The quantitative estimate of drug-likeness (QED) is 0.642. The van der Waals surface area contributed by atoms with E-state index in [2.05, 4.69) is 0 Å². The van der Waals surface area contributed by atoms with Gasteiger partial charge < -0.3 is 0 Å². The predicted octanol–water partition coefficient (Wildman–Crippen LogP) is 3.50. The molecule has 0 aromatic carbocycles. The summed E-state index contributed by atoms with van der Waals surface area (Å²) in [7, 11) is 0. The van der Waals surface area contributed by atoms with Crippen molar-refractivity contribution < 1.29 is 0 Å². The minimum absolute atomic E-state index is 0.427. The molecule has 0 fully saturated rings. The van der Waals surface area contributed by atoms with Crippen molar-refractivity contribution in [1.82, 2.24) is 0 Å². The molecule has 0 N–H and O–H groups in total. The molecule has 0 bridgehead atoms. The lowest BCUT2D eigenvalue weighted by molar-refractivity contribution is 1.54. The first-order valence-electron chi connectivity index (χ1n) is 2.73. The summed E-state index contributed by atoms with van der Waals surface area (Å²) < 4.78 is 0.671. The zero-order valence-electron chi connectivity index (χ0n) is 5.34. The van der Waals surface area contributed by atoms with Crippen LogP contribution in [0.1, 0.15) is 5.56 Å². The van der Waals surface area contributed by atoms with Gasteiger partial charge in [-0.1, -0.05) is 23.2 Å². The Bertz CT molecular complexity index is 321. The largest absolute Gasteiger partial charge is 0.193 e. The van der Waals surface area contributed by atoms with Crippen molar-refractivity contribution in [3.8, 4) is 6.07 Å². The highest BCUT2D eigenvalue weighted by Gasteiger charge is 1.99. The maximum absolute atomic E-state index is 8.26. The first kappa shape index (κ1) is 8.61. The normalized spacial score (nSPS) is 11.2.